The van der Waals surface area contributed by atoms with E-state index in [0.717, 1.165) is 33.5 Å². The molecule has 150 valence electrons. The number of rotatable bonds is 6. The minimum Gasteiger partial charge on any atom is -0.325 e. The molecule has 0 bridgehead atoms. The van der Waals surface area contributed by atoms with Crippen molar-refractivity contribution < 1.29 is 9.18 Å². The molecule has 3 aromatic carbocycles. The number of amides is 1. The molecule has 1 amide bonds. The van der Waals surface area contributed by atoms with Gasteiger partial charge >= 0.3 is 0 Å². The van der Waals surface area contributed by atoms with Crippen molar-refractivity contribution in [1.29, 1.82) is 0 Å². The van der Waals surface area contributed by atoms with Crippen LogP contribution in [0.1, 0.15) is 16.8 Å². The molecule has 4 rings (SSSR count). The van der Waals surface area contributed by atoms with Gasteiger partial charge in [-0.3, -0.25) is 4.79 Å². The summed E-state index contributed by atoms with van der Waals surface area (Å²) in [5, 5.41) is 3.61. The summed E-state index contributed by atoms with van der Waals surface area (Å²) in [5.74, 6) is -0.158. The molecule has 1 aromatic heterocycles. The summed E-state index contributed by atoms with van der Waals surface area (Å²) in [6.07, 6.45) is 0.514. The zero-order valence-corrected chi connectivity index (χ0v) is 17.2. The number of anilines is 1. The third-order valence-electron chi connectivity index (χ3n) is 4.57. The lowest BCUT2D eigenvalue weighted by molar-refractivity contribution is -0.113. The van der Waals surface area contributed by atoms with Crippen molar-refractivity contribution in [2.75, 3.05) is 11.1 Å². The minimum atomic E-state index is -0.272. The number of aryl methyl sites for hydroxylation is 1. The Balaban J connectivity index is 1.54. The van der Waals surface area contributed by atoms with Crippen molar-refractivity contribution in [3.63, 3.8) is 0 Å². The highest BCUT2D eigenvalue weighted by atomic mass is 32.2. The first-order valence-electron chi connectivity index (χ1n) is 9.56. The number of thioether (sulfide) groups is 1. The SMILES string of the molecule is Cc1ccc(NC(=O)CSc2nc3ccccc3nc2Cc2ccc(F)cc2)cc1. The number of aromatic nitrogens is 2. The van der Waals surface area contributed by atoms with Gasteiger partial charge in [0.05, 0.1) is 22.5 Å². The van der Waals surface area contributed by atoms with E-state index >= 15 is 0 Å². The Morgan fingerprint density at radius 2 is 1.60 bits per heavy atom. The Morgan fingerprint density at radius 1 is 0.933 bits per heavy atom. The Labute approximate surface area is 178 Å². The molecular weight excluding hydrogens is 397 g/mol. The minimum absolute atomic E-state index is 0.105. The largest absolute Gasteiger partial charge is 0.325 e. The monoisotopic (exact) mass is 417 g/mol. The van der Waals surface area contributed by atoms with Crippen LogP contribution in [0.5, 0.6) is 0 Å². The fourth-order valence-corrected chi connectivity index (χ4v) is 3.80. The van der Waals surface area contributed by atoms with E-state index in [9.17, 15) is 9.18 Å². The molecule has 0 unspecified atom stereocenters. The number of hydrogen-bond donors (Lipinski definition) is 1. The van der Waals surface area contributed by atoms with Crippen LogP contribution >= 0.6 is 11.8 Å². The van der Waals surface area contributed by atoms with Crippen molar-refractivity contribution in [3.8, 4) is 0 Å². The zero-order valence-electron chi connectivity index (χ0n) is 16.4. The average Bonchev–Trinajstić information content (AvgIpc) is 2.75. The second kappa shape index (κ2) is 9.05. The Bertz CT molecular complexity index is 1180. The number of para-hydroxylation sites is 2. The molecule has 1 heterocycles. The average molecular weight is 418 g/mol. The van der Waals surface area contributed by atoms with Gasteiger partial charge in [-0.15, -0.1) is 0 Å². The molecule has 0 aliphatic heterocycles. The van der Waals surface area contributed by atoms with Crippen LogP contribution in [0.4, 0.5) is 10.1 Å². The lowest BCUT2D eigenvalue weighted by Gasteiger charge is -2.10. The van der Waals surface area contributed by atoms with E-state index in [1.807, 2.05) is 55.5 Å². The van der Waals surface area contributed by atoms with Crippen LogP contribution in [-0.4, -0.2) is 21.6 Å². The van der Waals surface area contributed by atoms with E-state index in [1.165, 1.54) is 23.9 Å². The standard InChI is InChI=1S/C24H20FN3OS/c1-16-6-12-19(13-7-16)26-23(29)15-30-24-22(14-17-8-10-18(25)11-9-17)27-20-4-2-3-5-21(20)28-24/h2-13H,14-15H2,1H3,(H,26,29). The molecule has 0 atom stereocenters. The summed E-state index contributed by atoms with van der Waals surface area (Å²) in [4.78, 5) is 21.9. The quantitative estimate of drug-likeness (QED) is 0.427. The maximum absolute atomic E-state index is 13.2. The second-order valence-corrected chi connectivity index (χ2v) is 7.93. The highest BCUT2D eigenvalue weighted by molar-refractivity contribution is 8.00. The fourth-order valence-electron chi connectivity index (χ4n) is 3.01. The normalized spacial score (nSPS) is 10.9. The molecule has 1 N–H and O–H groups in total. The summed E-state index contributed by atoms with van der Waals surface area (Å²) in [7, 11) is 0. The lowest BCUT2D eigenvalue weighted by atomic mass is 10.1. The van der Waals surface area contributed by atoms with Gasteiger partial charge in [0.25, 0.3) is 0 Å². The predicted octanol–water partition coefficient (Wildman–Crippen LogP) is 5.40. The van der Waals surface area contributed by atoms with E-state index < -0.39 is 0 Å². The summed E-state index contributed by atoms with van der Waals surface area (Å²) in [5.41, 5.74) is 5.19. The molecular formula is C24H20FN3OS. The van der Waals surface area contributed by atoms with Gasteiger partial charge in [0.2, 0.25) is 5.91 Å². The number of fused-ring (bicyclic) bond motifs is 1. The number of halogens is 1. The lowest BCUT2D eigenvalue weighted by Crippen LogP contribution is -2.14. The molecule has 4 nitrogen and oxygen atoms in total. The number of nitrogens with zero attached hydrogens (tertiary/aromatic N) is 2. The Hall–Kier alpha value is -3.25. The van der Waals surface area contributed by atoms with E-state index in [0.29, 0.717) is 11.4 Å². The van der Waals surface area contributed by atoms with E-state index in [1.54, 1.807) is 12.1 Å². The van der Waals surface area contributed by atoms with Crippen molar-refractivity contribution >= 4 is 34.4 Å². The molecule has 0 radical (unpaired) electrons. The van der Waals surface area contributed by atoms with Crippen LogP contribution in [0.25, 0.3) is 11.0 Å². The topological polar surface area (TPSA) is 54.9 Å². The van der Waals surface area contributed by atoms with Crippen molar-refractivity contribution in [1.82, 2.24) is 9.97 Å². The predicted molar refractivity (Wildman–Crippen MR) is 119 cm³/mol. The van der Waals surface area contributed by atoms with Gasteiger partial charge in [0.1, 0.15) is 10.8 Å². The first-order chi connectivity index (χ1) is 14.6. The number of carbonyl (C=O) groups is 1. The van der Waals surface area contributed by atoms with Crippen LogP contribution in [0.2, 0.25) is 0 Å². The highest BCUT2D eigenvalue weighted by Gasteiger charge is 2.13. The summed E-state index contributed by atoms with van der Waals surface area (Å²) >= 11 is 1.36. The van der Waals surface area contributed by atoms with E-state index in [4.69, 9.17) is 9.97 Å². The van der Waals surface area contributed by atoms with Gasteiger partial charge < -0.3 is 5.32 Å². The van der Waals surface area contributed by atoms with E-state index in [2.05, 4.69) is 5.32 Å². The van der Waals surface area contributed by atoms with Crippen molar-refractivity contribution in [2.24, 2.45) is 0 Å². The number of hydrogen-bond acceptors (Lipinski definition) is 4. The summed E-state index contributed by atoms with van der Waals surface area (Å²) in [6.45, 7) is 2.00. The van der Waals surface area contributed by atoms with Crippen molar-refractivity contribution in [2.45, 2.75) is 18.4 Å². The first kappa shape index (κ1) is 20.0. The Kier molecular flexibility index (Phi) is 6.05. The number of benzene rings is 3. The van der Waals surface area contributed by atoms with Crippen molar-refractivity contribution in [3.05, 3.63) is 95.4 Å². The molecule has 0 aliphatic carbocycles. The fraction of sp³-hybridized carbons (Fsp3) is 0.125. The second-order valence-electron chi connectivity index (χ2n) is 6.97. The zero-order chi connectivity index (χ0) is 20.9. The van der Waals surface area contributed by atoms with E-state index in [-0.39, 0.29) is 17.5 Å². The summed E-state index contributed by atoms with van der Waals surface area (Å²) < 4.78 is 13.2. The molecule has 0 spiro atoms. The van der Waals surface area contributed by atoms with Gasteiger partial charge in [-0.2, -0.15) is 0 Å². The third kappa shape index (κ3) is 5.02. The molecule has 30 heavy (non-hydrogen) atoms. The Morgan fingerprint density at radius 3 is 2.30 bits per heavy atom. The van der Waals surface area contributed by atoms with Gasteiger partial charge in [0, 0.05) is 12.1 Å². The highest BCUT2D eigenvalue weighted by Crippen LogP contribution is 2.25. The molecule has 6 heteroatoms. The van der Waals surface area contributed by atoms with Gasteiger partial charge in [-0.25, -0.2) is 14.4 Å². The van der Waals surface area contributed by atoms with Crippen LogP contribution in [-0.2, 0) is 11.2 Å². The molecule has 0 fully saturated rings. The summed E-state index contributed by atoms with van der Waals surface area (Å²) in [6, 6.07) is 21.7. The number of nitrogens with one attached hydrogen (secondary N) is 1. The maximum Gasteiger partial charge on any atom is 0.234 e. The third-order valence-corrected chi connectivity index (χ3v) is 5.57. The van der Waals surface area contributed by atoms with Gasteiger partial charge in [0.15, 0.2) is 0 Å². The molecule has 0 saturated heterocycles. The van der Waals surface area contributed by atoms with Gasteiger partial charge in [-0.05, 0) is 48.9 Å². The smallest absolute Gasteiger partial charge is 0.234 e. The van der Waals surface area contributed by atoms with Gasteiger partial charge in [-0.1, -0.05) is 53.7 Å². The van der Waals surface area contributed by atoms with Crippen LogP contribution < -0.4 is 5.32 Å². The molecule has 0 saturated carbocycles. The molecule has 0 aliphatic rings. The van der Waals surface area contributed by atoms with Crippen LogP contribution in [0.15, 0.2) is 77.8 Å². The first-order valence-corrected chi connectivity index (χ1v) is 10.5. The number of carbonyl (C=O) groups excluding carboxylic acids is 1. The van der Waals surface area contributed by atoms with Crippen LogP contribution in [0, 0.1) is 12.7 Å². The maximum atomic E-state index is 13.2. The molecule has 4 aromatic rings. The van der Waals surface area contributed by atoms with Crippen LogP contribution in [0.3, 0.4) is 0 Å².